The van der Waals surface area contributed by atoms with Gasteiger partial charge >= 0.3 is 11.9 Å². The number of fused-ring (bicyclic) bond motifs is 4. The van der Waals surface area contributed by atoms with Crippen molar-refractivity contribution < 1.29 is 38.9 Å². The minimum absolute atomic E-state index is 0.0421. The van der Waals surface area contributed by atoms with Gasteiger partial charge in [0, 0.05) is 76.4 Å². The van der Waals surface area contributed by atoms with Gasteiger partial charge < -0.3 is 29.3 Å². The Bertz CT molecular complexity index is 1740. The number of nitrogens with one attached hydrogen (secondary N) is 1. The molecule has 0 amide bonds. The molecular weight excluding hydrogens is 700 g/mol. The lowest BCUT2D eigenvalue weighted by Crippen LogP contribution is -2.66. The number of benzene rings is 2. The maximum Gasteiger partial charge on any atom is 0.323 e. The van der Waals surface area contributed by atoms with E-state index in [1.165, 1.54) is 12.0 Å². The Morgan fingerprint density at radius 3 is 2.55 bits per heavy atom. The molecule has 7 rings (SSSR count). The number of carbonyl (C=O) groups excluding carboxylic acids is 2. The number of hydrogen-bond donors (Lipinski definition) is 3. The van der Waals surface area contributed by atoms with Crippen LogP contribution in [0.3, 0.4) is 0 Å². The van der Waals surface area contributed by atoms with Gasteiger partial charge in [-0.15, -0.1) is 0 Å². The van der Waals surface area contributed by atoms with Crippen LogP contribution in [0.4, 0.5) is 11.4 Å². The van der Waals surface area contributed by atoms with Gasteiger partial charge in [0.25, 0.3) is 0 Å². The molecule has 0 bridgehead atoms. The molecule has 3 heterocycles. The first-order chi connectivity index (χ1) is 25.2. The first-order valence-corrected chi connectivity index (χ1v) is 19.2. The van der Waals surface area contributed by atoms with Crippen LogP contribution in [0, 0.1) is 23.7 Å². The van der Waals surface area contributed by atoms with Gasteiger partial charge in [0.1, 0.15) is 23.0 Å². The summed E-state index contributed by atoms with van der Waals surface area (Å²) in [7, 11) is 3.38. The Hall–Kier alpha value is -3.39. The second-order valence-electron chi connectivity index (χ2n) is 15.8. The fourth-order valence-corrected chi connectivity index (χ4v) is 9.99. The number of methoxy groups -OCH3 is 1. The van der Waals surface area contributed by atoms with Crippen molar-refractivity contribution in [2.45, 2.75) is 82.6 Å². The van der Waals surface area contributed by atoms with Crippen LogP contribution in [0.25, 0.3) is 0 Å². The van der Waals surface area contributed by atoms with Crippen molar-refractivity contribution >= 4 is 34.9 Å². The molecule has 2 aromatic rings. The number of aliphatic hydroxyl groups is 2. The molecule has 2 aromatic carbocycles. The van der Waals surface area contributed by atoms with Crippen LogP contribution in [0.15, 0.2) is 54.1 Å². The van der Waals surface area contributed by atoms with Gasteiger partial charge in [-0.2, -0.15) is 0 Å². The fourth-order valence-electron chi connectivity index (χ4n) is 9.70. The Balaban J connectivity index is 1.09. The van der Waals surface area contributed by atoms with E-state index in [0.29, 0.717) is 16.3 Å². The highest BCUT2D eigenvalue weighted by atomic mass is 35.5. The van der Waals surface area contributed by atoms with Crippen LogP contribution >= 0.6 is 11.6 Å². The second-order valence-corrected chi connectivity index (χ2v) is 16.2. The molecule has 5 aliphatic rings. The minimum atomic E-state index is -1.56. The van der Waals surface area contributed by atoms with Gasteiger partial charge in [-0.3, -0.25) is 29.7 Å². The zero-order valence-corrected chi connectivity index (χ0v) is 32.2. The molecule has 1 saturated carbocycles. The summed E-state index contributed by atoms with van der Waals surface area (Å²) in [6, 6.07) is 12.4. The molecule has 2 aliphatic carbocycles. The third-order valence-corrected chi connectivity index (χ3v) is 12.9. The van der Waals surface area contributed by atoms with Crippen molar-refractivity contribution in [3.63, 3.8) is 0 Å². The Labute approximate surface area is 316 Å². The second kappa shape index (κ2) is 14.7. The predicted octanol–water partition coefficient (Wildman–Crippen LogP) is 4.26. The smallest absolute Gasteiger partial charge is 0.323 e. The lowest BCUT2D eigenvalue weighted by atomic mass is 9.55. The first-order valence-electron chi connectivity index (χ1n) is 18.8. The molecule has 3 aliphatic heterocycles. The van der Waals surface area contributed by atoms with E-state index in [-0.39, 0.29) is 30.1 Å². The maximum absolute atomic E-state index is 14.2. The summed E-state index contributed by atoms with van der Waals surface area (Å²) < 4.78 is 17.6. The highest BCUT2D eigenvalue weighted by molar-refractivity contribution is 6.33. The summed E-state index contributed by atoms with van der Waals surface area (Å²) in [5.41, 5.74) is -0.102. The highest BCUT2D eigenvalue weighted by Crippen LogP contribution is 2.53. The summed E-state index contributed by atoms with van der Waals surface area (Å²) in [6.07, 6.45) is 0.584. The summed E-state index contributed by atoms with van der Waals surface area (Å²) in [5.74, 6) is -0.612. The molecule has 0 aromatic heterocycles. The number of ether oxygens (including phenoxy) is 3. The molecule has 0 radical (unpaired) electrons. The first kappa shape index (κ1) is 37.9. The van der Waals surface area contributed by atoms with Gasteiger partial charge in [0.15, 0.2) is 18.4 Å². The Morgan fingerprint density at radius 2 is 1.83 bits per heavy atom. The molecule has 53 heavy (non-hydrogen) atoms. The summed E-state index contributed by atoms with van der Waals surface area (Å²) in [5, 5.41) is 29.9. The van der Waals surface area contributed by atoms with Crippen molar-refractivity contribution in [2.24, 2.45) is 23.7 Å². The SMILES string of the molecule is COc1cccc(N2CCN(CC(C)[C@@H]3CC[C@@H](C)[C@@]4(O)[C@@H]3C=C(C)[C@@H](OC(C)=O)[C@@H]4OC(=O)[C@@H]3C[C@@]4(O)c5cccc(Cl)c5N(C)O[C@H]4N3)CC2)c1. The predicted molar refractivity (Wildman–Crippen MR) is 200 cm³/mol. The molecule has 288 valence electrons. The molecule has 2 saturated heterocycles. The normalized spacial score (nSPS) is 34.7. The standard InChI is InChI=1S/C40H53ClN4O8/c1-23-19-31-29(24(2)22-44-15-17-45(18-16-44)27-9-7-10-28(20-27)50-6)14-13-25(3)40(31,49)36(35(23)51-26(4)46)52-37(47)33-21-39(48)30-11-8-12-32(41)34(30)43(5)53-38(39)42-33/h7-12,19-20,24-25,29,31,33,35-36,38,42,48-49H,13-18,21-22H2,1-6H3/t24?,25-,29+,31-,33+,35-,36+,38-,39-,40-/m1/s1. The number of anilines is 2. The molecule has 0 spiro atoms. The average Bonchev–Trinajstić information content (AvgIpc) is 3.48. The number of hydroxylamine groups is 1. The van der Waals surface area contributed by atoms with E-state index in [4.69, 9.17) is 30.6 Å². The van der Waals surface area contributed by atoms with E-state index in [1.54, 1.807) is 32.4 Å². The van der Waals surface area contributed by atoms with Crippen molar-refractivity contribution in [3.05, 3.63) is 64.7 Å². The van der Waals surface area contributed by atoms with E-state index in [9.17, 15) is 19.8 Å². The van der Waals surface area contributed by atoms with Crippen molar-refractivity contribution in [1.82, 2.24) is 10.2 Å². The summed E-state index contributed by atoms with van der Waals surface area (Å²) in [4.78, 5) is 37.5. The van der Waals surface area contributed by atoms with Crippen LogP contribution < -0.4 is 20.0 Å². The molecule has 10 atom stereocenters. The third kappa shape index (κ3) is 6.80. The number of rotatable bonds is 8. The van der Waals surface area contributed by atoms with Crippen LogP contribution in [0.1, 0.15) is 52.5 Å². The number of nitrogens with zero attached hydrogens (tertiary/aromatic N) is 3. The topological polar surface area (TPSA) is 133 Å². The Kier molecular flexibility index (Phi) is 10.5. The monoisotopic (exact) mass is 752 g/mol. The molecule has 3 fully saturated rings. The van der Waals surface area contributed by atoms with E-state index >= 15 is 0 Å². The number of carbonyl (C=O) groups is 2. The van der Waals surface area contributed by atoms with Crippen molar-refractivity contribution in [1.29, 1.82) is 0 Å². The number of para-hydroxylation sites is 1. The van der Waals surface area contributed by atoms with Gasteiger partial charge in [0.05, 0.1) is 17.8 Å². The fraction of sp³-hybridized carbons (Fsp3) is 0.600. The summed E-state index contributed by atoms with van der Waals surface area (Å²) >= 11 is 6.48. The van der Waals surface area contributed by atoms with Gasteiger partial charge in [-0.1, -0.05) is 49.7 Å². The lowest BCUT2D eigenvalue weighted by Gasteiger charge is -2.56. The molecular formula is C40H53ClN4O8. The summed E-state index contributed by atoms with van der Waals surface area (Å²) in [6.45, 7) is 12.0. The number of halogens is 1. The third-order valence-electron chi connectivity index (χ3n) is 12.6. The van der Waals surface area contributed by atoms with Crippen LogP contribution in [0.2, 0.25) is 5.02 Å². The van der Waals surface area contributed by atoms with Crippen LogP contribution in [-0.2, 0) is 29.5 Å². The molecule has 13 heteroatoms. The molecule has 1 unspecified atom stereocenters. The highest BCUT2D eigenvalue weighted by Gasteiger charge is 2.62. The lowest BCUT2D eigenvalue weighted by molar-refractivity contribution is -0.225. The van der Waals surface area contributed by atoms with E-state index < -0.39 is 47.6 Å². The van der Waals surface area contributed by atoms with Crippen molar-refractivity contribution in [2.75, 3.05) is 56.8 Å². The van der Waals surface area contributed by atoms with Gasteiger partial charge in [-0.25, -0.2) is 0 Å². The van der Waals surface area contributed by atoms with Gasteiger partial charge in [-0.05, 0) is 61.3 Å². The molecule has 12 nitrogen and oxygen atoms in total. The number of esters is 2. The van der Waals surface area contributed by atoms with Crippen LogP contribution in [0.5, 0.6) is 5.75 Å². The van der Waals surface area contributed by atoms with E-state index in [1.807, 2.05) is 26.0 Å². The largest absolute Gasteiger partial charge is 0.497 e. The number of piperazine rings is 1. The number of hydrogen-bond acceptors (Lipinski definition) is 12. The zero-order chi connectivity index (χ0) is 37.8. The van der Waals surface area contributed by atoms with Crippen molar-refractivity contribution in [3.8, 4) is 5.75 Å². The maximum atomic E-state index is 14.2. The quantitative estimate of drug-likeness (QED) is 0.263. The van der Waals surface area contributed by atoms with Gasteiger partial charge in [0.2, 0.25) is 0 Å². The minimum Gasteiger partial charge on any atom is -0.497 e. The van der Waals surface area contributed by atoms with Crippen LogP contribution in [-0.4, -0.2) is 104 Å². The molecule has 3 N–H and O–H groups in total. The zero-order valence-electron chi connectivity index (χ0n) is 31.5. The average molecular weight is 753 g/mol. The Morgan fingerprint density at radius 1 is 1.09 bits per heavy atom. The van der Waals surface area contributed by atoms with E-state index in [0.717, 1.165) is 62.6 Å². The van der Waals surface area contributed by atoms with E-state index in [2.05, 4.69) is 40.2 Å².